The van der Waals surface area contributed by atoms with Gasteiger partial charge in [-0.2, -0.15) is 0 Å². The highest BCUT2D eigenvalue weighted by Crippen LogP contribution is 2.18. The van der Waals surface area contributed by atoms with Gasteiger partial charge in [-0.25, -0.2) is 4.98 Å². The number of aromatic nitrogens is 3. The van der Waals surface area contributed by atoms with E-state index in [2.05, 4.69) is 15.3 Å². The molecule has 2 N–H and O–H groups in total. The van der Waals surface area contributed by atoms with Gasteiger partial charge in [0, 0.05) is 36.2 Å². The molecule has 1 atom stereocenters. The Morgan fingerprint density at radius 2 is 2.14 bits per heavy atom. The van der Waals surface area contributed by atoms with E-state index >= 15 is 0 Å². The van der Waals surface area contributed by atoms with Crippen molar-refractivity contribution in [1.82, 2.24) is 19.9 Å². The van der Waals surface area contributed by atoms with E-state index < -0.39 is 0 Å². The molecule has 0 spiro atoms. The van der Waals surface area contributed by atoms with E-state index in [0.717, 1.165) is 5.69 Å². The number of nitrogens with one attached hydrogen (secondary N) is 2. The highest BCUT2D eigenvalue weighted by molar-refractivity contribution is 6.02. The third-order valence-corrected chi connectivity index (χ3v) is 3.44. The van der Waals surface area contributed by atoms with Crippen molar-refractivity contribution in [1.29, 1.82) is 0 Å². The lowest BCUT2D eigenvalue weighted by molar-refractivity contribution is 0.0931. The summed E-state index contributed by atoms with van der Waals surface area (Å²) in [6.45, 7) is 7.66. The Morgan fingerprint density at radius 1 is 1.43 bits per heavy atom. The van der Waals surface area contributed by atoms with Gasteiger partial charge in [-0.1, -0.05) is 0 Å². The Bertz CT molecular complexity index is 656. The highest BCUT2D eigenvalue weighted by Gasteiger charge is 2.20. The summed E-state index contributed by atoms with van der Waals surface area (Å²) < 4.78 is 1.90. The molecule has 0 radical (unpaired) electrons. The molecule has 0 aliphatic rings. The van der Waals surface area contributed by atoms with E-state index in [9.17, 15) is 9.59 Å². The molecule has 2 rings (SSSR count). The van der Waals surface area contributed by atoms with Crippen molar-refractivity contribution in [2.75, 3.05) is 0 Å². The van der Waals surface area contributed by atoms with E-state index in [0.29, 0.717) is 23.4 Å². The molecule has 0 unspecified atom stereocenters. The number of carbonyl (C=O) groups is 2. The average molecular weight is 288 g/mol. The van der Waals surface area contributed by atoms with Crippen molar-refractivity contribution in [3.63, 3.8) is 0 Å². The second-order valence-electron chi connectivity index (χ2n) is 5.32. The Labute approximate surface area is 123 Å². The van der Waals surface area contributed by atoms with Gasteiger partial charge in [0.25, 0.3) is 5.91 Å². The molecule has 6 nitrogen and oxygen atoms in total. The molecule has 2 aromatic heterocycles. The predicted molar refractivity (Wildman–Crippen MR) is 79.4 cm³/mol. The first-order valence-corrected chi connectivity index (χ1v) is 6.86. The first-order valence-electron chi connectivity index (χ1n) is 6.86. The van der Waals surface area contributed by atoms with E-state index in [-0.39, 0.29) is 17.7 Å². The maximum absolute atomic E-state index is 12.3. The van der Waals surface area contributed by atoms with Gasteiger partial charge in [-0.05, 0) is 33.3 Å². The molecule has 112 valence electrons. The lowest BCUT2D eigenvalue weighted by Crippen LogP contribution is -2.36. The van der Waals surface area contributed by atoms with Crippen LogP contribution in [-0.4, -0.2) is 32.3 Å². The first-order chi connectivity index (χ1) is 9.90. The Kier molecular flexibility index (Phi) is 4.26. The average Bonchev–Trinajstić information content (AvgIpc) is 2.97. The van der Waals surface area contributed by atoms with Crippen LogP contribution in [0.25, 0.3) is 0 Å². The van der Waals surface area contributed by atoms with Crippen LogP contribution in [0.4, 0.5) is 0 Å². The second-order valence-corrected chi connectivity index (χ2v) is 5.32. The van der Waals surface area contributed by atoms with Gasteiger partial charge < -0.3 is 14.9 Å². The van der Waals surface area contributed by atoms with Crippen LogP contribution in [0, 0.1) is 13.8 Å². The van der Waals surface area contributed by atoms with Crippen molar-refractivity contribution >= 4 is 11.7 Å². The molecule has 0 bridgehead atoms. The number of imidazole rings is 1. The number of amides is 1. The minimum absolute atomic E-state index is 0.0354. The Balaban J connectivity index is 2.10. The van der Waals surface area contributed by atoms with Crippen molar-refractivity contribution in [2.24, 2.45) is 0 Å². The zero-order valence-corrected chi connectivity index (χ0v) is 12.7. The topological polar surface area (TPSA) is 79.8 Å². The fraction of sp³-hybridized carbons (Fsp3) is 0.400. The Morgan fingerprint density at radius 3 is 2.67 bits per heavy atom. The number of aryl methyl sites for hydroxylation is 1. The molecule has 1 amide bonds. The molecule has 2 heterocycles. The molecular weight excluding hydrogens is 268 g/mol. The fourth-order valence-corrected chi connectivity index (χ4v) is 2.56. The Hall–Kier alpha value is -2.37. The minimum atomic E-state index is -0.198. The third-order valence-electron chi connectivity index (χ3n) is 3.44. The van der Waals surface area contributed by atoms with Crippen LogP contribution in [0.2, 0.25) is 0 Å². The van der Waals surface area contributed by atoms with Crippen LogP contribution in [-0.2, 0) is 6.54 Å². The lowest BCUT2D eigenvalue weighted by atomic mass is 10.1. The quantitative estimate of drug-likeness (QED) is 0.824. The van der Waals surface area contributed by atoms with Crippen LogP contribution in [0.3, 0.4) is 0 Å². The third kappa shape index (κ3) is 3.21. The van der Waals surface area contributed by atoms with Crippen molar-refractivity contribution in [3.05, 3.63) is 41.2 Å². The maximum atomic E-state index is 12.3. The zero-order chi connectivity index (χ0) is 15.6. The number of aromatic amines is 1. The number of Topliss-reactive ketones (excluding diaryl/α,β-unsaturated/α-hetero) is 1. The summed E-state index contributed by atoms with van der Waals surface area (Å²) >= 11 is 0. The first kappa shape index (κ1) is 15.0. The van der Waals surface area contributed by atoms with E-state index in [1.165, 1.54) is 6.92 Å². The molecule has 0 aromatic carbocycles. The molecule has 0 aliphatic heterocycles. The van der Waals surface area contributed by atoms with E-state index in [1.807, 2.05) is 17.7 Å². The summed E-state index contributed by atoms with van der Waals surface area (Å²) in [5, 5.41) is 2.92. The van der Waals surface area contributed by atoms with E-state index in [1.54, 1.807) is 26.4 Å². The number of nitrogens with zero attached hydrogens (tertiary/aromatic N) is 2. The lowest BCUT2D eigenvalue weighted by Gasteiger charge is -2.14. The van der Waals surface area contributed by atoms with E-state index in [4.69, 9.17) is 0 Å². The maximum Gasteiger partial charge on any atom is 0.268 e. The summed E-state index contributed by atoms with van der Waals surface area (Å²) in [6.07, 6.45) is 5.26. The summed E-state index contributed by atoms with van der Waals surface area (Å²) in [5.41, 5.74) is 2.48. The monoisotopic (exact) mass is 288 g/mol. The molecular formula is C15H20N4O2. The normalized spacial score (nSPS) is 12.2. The van der Waals surface area contributed by atoms with Crippen LogP contribution >= 0.6 is 0 Å². The molecule has 0 aliphatic carbocycles. The van der Waals surface area contributed by atoms with Crippen molar-refractivity contribution in [3.8, 4) is 0 Å². The molecule has 0 fully saturated rings. The van der Waals surface area contributed by atoms with Gasteiger partial charge in [0.1, 0.15) is 5.69 Å². The minimum Gasteiger partial charge on any atom is -0.354 e. The van der Waals surface area contributed by atoms with Crippen LogP contribution in [0.15, 0.2) is 18.7 Å². The van der Waals surface area contributed by atoms with Gasteiger partial charge in [0.05, 0.1) is 6.33 Å². The predicted octanol–water partition coefficient (Wildman–Crippen LogP) is 1.85. The van der Waals surface area contributed by atoms with Gasteiger partial charge in [0.15, 0.2) is 5.78 Å². The van der Waals surface area contributed by atoms with Crippen molar-refractivity contribution in [2.45, 2.75) is 40.3 Å². The highest BCUT2D eigenvalue weighted by atomic mass is 16.2. The number of carbonyl (C=O) groups excluding carboxylic acids is 2. The van der Waals surface area contributed by atoms with Gasteiger partial charge in [0.2, 0.25) is 0 Å². The molecule has 2 aromatic rings. The largest absolute Gasteiger partial charge is 0.354 e. The number of hydrogen-bond donors (Lipinski definition) is 2. The summed E-state index contributed by atoms with van der Waals surface area (Å²) in [7, 11) is 0. The zero-order valence-electron chi connectivity index (χ0n) is 12.7. The van der Waals surface area contributed by atoms with Crippen LogP contribution in [0.5, 0.6) is 0 Å². The molecule has 0 saturated heterocycles. The van der Waals surface area contributed by atoms with Crippen LogP contribution < -0.4 is 5.32 Å². The SMILES string of the molecule is CC(=O)c1c(C)[nH]c(C(=O)N[C@H](C)Cn2ccnc2)c1C. The van der Waals surface area contributed by atoms with Crippen LogP contribution in [0.1, 0.15) is 46.0 Å². The number of H-pyrrole nitrogens is 1. The molecule has 21 heavy (non-hydrogen) atoms. The fourth-order valence-electron chi connectivity index (χ4n) is 2.56. The summed E-state index contributed by atoms with van der Waals surface area (Å²) in [5.74, 6) is -0.234. The number of rotatable bonds is 5. The number of ketones is 1. The van der Waals surface area contributed by atoms with Gasteiger partial charge in [-0.15, -0.1) is 0 Å². The molecule has 6 heteroatoms. The summed E-state index contributed by atoms with van der Waals surface area (Å²) in [6, 6.07) is -0.0458. The summed E-state index contributed by atoms with van der Waals surface area (Å²) in [4.78, 5) is 30.9. The molecule has 0 saturated carbocycles. The van der Waals surface area contributed by atoms with Gasteiger partial charge >= 0.3 is 0 Å². The van der Waals surface area contributed by atoms with Gasteiger partial charge in [-0.3, -0.25) is 9.59 Å². The smallest absolute Gasteiger partial charge is 0.268 e. The second kappa shape index (κ2) is 5.95. The number of hydrogen-bond acceptors (Lipinski definition) is 3. The standard InChI is InChI=1S/C15H20N4O2/c1-9(7-19-6-5-16-8-19)17-15(21)14-10(2)13(12(4)20)11(3)18-14/h5-6,8-9,18H,7H2,1-4H3,(H,17,21)/t9-/m1/s1. The van der Waals surface area contributed by atoms with Crippen molar-refractivity contribution < 1.29 is 9.59 Å².